The quantitative estimate of drug-likeness (QED) is 0.756. The number of rotatable bonds is 5. The molecule has 2 saturated heterocycles. The zero-order valence-corrected chi connectivity index (χ0v) is 12.3. The molecule has 2 rings (SSSR count). The number of amides is 2. The van der Waals surface area contributed by atoms with Crippen molar-refractivity contribution < 1.29 is 9.59 Å². The number of carbonyl (C=O) groups is 2. The molecular weight excluding hydrogens is 254 g/mol. The molecule has 2 aliphatic heterocycles. The van der Waals surface area contributed by atoms with Crippen LogP contribution in [-0.2, 0) is 9.59 Å². The molecule has 5 nitrogen and oxygen atoms in total. The van der Waals surface area contributed by atoms with E-state index in [1.54, 1.807) is 13.0 Å². The lowest BCUT2D eigenvalue weighted by Crippen LogP contribution is -2.50. The van der Waals surface area contributed by atoms with Crippen molar-refractivity contribution in [2.24, 2.45) is 0 Å². The number of carbonyl (C=O) groups excluding carboxylic acids is 2. The summed E-state index contributed by atoms with van der Waals surface area (Å²) in [5.74, 6) is 0.208. The fourth-order valence-electron chi connectivity index (χ4n) is 3.49. The van der Waals surface area contributed by atoms with Gasteiger partial charge in [-0.2, -0.15) is 0 Å². The van der Waals surface area contributed by atoms with Gasteiger partial charge in [0.05, 0.1) is 6.54 Å². The van der Waals surface area contributed by atoms with Gasteiger partial charge in [-0.25, -0.2) is 0 Å². The average molecular weight is 279 g/mol. The first-order valence-electron chi connectivity index (χ1n) is 7.52. The lowest BCUT2D eigenvalue weighted by atomic mass is 10.0. The highest BCUT2D eigenvalue weighted by Gasteiger charge is 2.39. The minimum atomic E-state index is 0.0455. The minimum absolute atomic E-state index is 0.0455. The van der Waals surface area contributed by atoms with Crippen LogP contribution in [0.2, 0.25) is 0 Å². The second-order valence-electron chi connectivity index (χ2n) is 5.69. The zero-order valence-electron chi connectivity index (χ0n) is 12.3. The third-order valence-electron chi connectivity index (χ3n) is 4.35. The van der Waals surface area contributed by atoms with Gasteiger partial charge in [0.25, 0.3) is 0 Å². The van der Waals surface area contributed by atoms with Crippen LogP contribution in [0.5, 0.6) is 0 Å². The van der Waals surface area contributed by atoms with E-state index in [2.05, 4.69) is 16.8 Å². The van der Waals surface area contributed by atoms with Crippen molar-refractivity contribution in [2.45, 2.75) is 44.7 Å². The predicted molar refractivity (Wildman–Crippen MR) is 78.2 cm³/mol. The van der Waals surface area contributed by atoms with Crippen molar-refractivity contribution in [3.8, 4) is 0 Å². The summed E-state index contributed by atoms with van der Waals surface area (Å²) in [6, 6.07) is 0.637. The van der Waals surface area contributed by atoms with Crippen molar-refractivity contribution >= 4 is 11.8 Å². The molecule has 0 radical (unpaired) electrons. The molecule has 1 N–H and O–H groups in total. The molecule has 0 aromatic heterocycles. The largest absolute Gasteiger partial charge is 0.352 e. The molecule has 0 aliphatic carbocycles. The van der Waals surface area contributed by atoms with Crippen LogP contribution < -0.4 is 5.32 Å². The SMILES string of the molecule is C=CCNC(=O)CN1CCC[C@H]1[C@H]1CCCN1C(C)=O. The topological polar surface area (TPSA) is 52.7 Å². The molecule has 2 heterocycles. The van der Waals surface area contributed by atoms with Crippen molar-refractivity contribution in [1.29, 1.82) is 0 Å². The van der Waals surface area contributed by atoms with Gasteiger partial charge in [0.15, 0.2) is 0 Å². The second-order valence-corrected chi connectivity index (χ2v) is 5.69. The summed E-state index contributed by atoms with van der Waals surface area (Å²) in [6.45, 7) is 8.01. The summed E-state index contributed by atoms with van der Waals surface area (Å²) < 4.78 is 0. The summed E-state index contributed by atoms with van der Waals surface area (Å²) >= 11 is 0. The molecule has 2 amide bonds. The van der Waals surface area contributed by atoms with Crippen LogP contribution in [-0.4, -0.2) is 59.9 Å². The Morgan fingerprint density at radius 1 is 1.25 bits per heavy atom. The van der Waals surface area contributed by atoms with Crippen LogP contribution in [0.1, 0.15) is 32.6 Å². The fourth-order valence-corrected chi connectivity index (χ4v) is 3.49. The molecule has 2 fully saturated rings. The number of nitrogens with one attached hydrogen (secondary N) is 1. The van der Waals surface area contributed by atoms with Gasteiger partial charge in [0.2, 0.25) is 11.8 Å². The minimum Gasteiger partial charge on any atom is -0.352 e. The van der Waals surface area contributed by atoms with Crippen molar-refractivity contribution in [2.75, 3.05) is 26.2 Å². The number of hydrogen-bond acceptors (Lipinski definition) is 3. The van der Waals surface area contributed by atoms with E-state index in [0.717, 1.165) is 38.8 Å². The van der Waals surface area contributed by atoms with Crippen LogP contribution in [0.25, 0.3) is 0 Å². The Bertz CT molecular complexity index is 383. The third-order valence-corrected chi connectivity index (χ3v) is 4.35. The molecule has 0 saturated carbocycles. The summed E-state index contributed by atoms with van der Waals surface area (Å²) in [5.41, 5.74) is 0. The van der Waals surface area contributed by atoms with Crippen LogP contribution >= 0.6 is 0 Å². The lowest BCUT2D eigenvalue weighted by molar-refractivity contribution is -0.130. The van der Waals surface area contributed by atoms with Gasteiger partial charge in [0, 0.05) is 32.1 Å². The van der Waals surface area contributed by atoms with Crippen LogP contribution in [0.4, 0.5) is 0 Å². The second kappa shape index (κ2) is 6.88. The highest BCUT2D eigenvalue weighted by Crippen LogP contribution is 2.29. The normalized spacial score (nSPS) is 26.8. The van der Waals surface area contributed by atoms with Gasteiger partial charge in [-0.3, -0.25) is 14.5 Å². The molecular formula is C15H25N3O2. The van der Waals surface area contributed by atoms with E-state index < -0.39 is 0 Å². The van der Waals surface area contributed by atoms with Gasteiger partial charge in [-0.05, 0) is 32.2 Å². The summed E-state index contributed by atoms with van der Waals surface area (Å²) in [7, 11) is 0. The lowest BCUT2D eigenvalue weighted by Gasteiger charge is -2.34. The van der Waals surface area contributed by atoms with E-state index in [1.165, 1.54) is 0 Å². The van der Waals surface area contributed by atoms with E-state index in [4.69, 9.17) is 0 Å². The van der Waals surface area contributed by atoms with Gasteiger partial charge < -0.3 is 10.2 Å². The summed E-state index contributed by atoms with van der Waals surface area (Å²) in [6.07, 6.45) is 6.03. The molecule has 20 heavy (non-hydrogen) atoms. The molecule has 0 aromatic rings. The van der Waals surface area contributed by atoms with Gasteiger partial charge in [0.1, 0.15) is 0 Å². The van der Waals surface area contributed by atoms with E-state index >= 15 is 0 Å². The van der Waals surface area contributed by atoms with Crippen LogP contribution in [0, 0.1) is 0 Å². The van der Waals surface area contributed by atoms with E-state index in [0.29, 0.717) is 25.2 Å². The standard InChI is InChI=1S/C15H25N3O2/c1-3-8-16-15(20)11-17-9-4-6-13(17)14-7-5-10-18(14)12(2)19/h3,13-14H,1,4-11H2,2H3,(H,16,20)/t13-,14+/m0/s1. The van der Waals surface area contributed by atoms with E-state index in [9.17, 15) is 9.59 Å². The van der Waals surface area contributed by atoms with Crippen molar-refractivity contribution in [3.63, 3.8) is 0 Å². The van der Waals surface area contributed by atoms with E-state index in [-0.39, 0.29) is 11.8 Å². The van der Waals surface area contributed by atoms with E-state index in [1.807, 2.05) is 4.90 Å². The number of likely N-dealkylation sites (tertiary alicyclic amines) is 2. The Balaban J connectivity index is 1.94. The Morgan fingerprint density at radius 3 is 2.65 bits per heavy atom. The molecule has 0 bridgehead atoms. The molecule has 2 atom stereocenters. The smallest absolute Gasteiger partial charge is 0.234 e. The highest BCUT2D eigenvalue weighted by molar-refractivity contribution is 5.78. The maximum absolute atomic E-state index is 11.9. The predicted octanol–water partition coefficient (Wildman–Crippen LogP) is 0.764. The van der Waals surface area contributed by atoms with Gasteiger partial charge in [-0.15, -0.1) is 6.58 Å². The maximum Gasteiger partial charge on any atom is 0.234 e. The molecule has 0 unspecified atom stereocenters. The molecule has 2 aliphatic rings. The first-order chi connectivity index (χ1) is 9.63. The Morgan fingerprint density at radius 2 is 1.95 bits per heavy atom. The molecule has 0 aromatic carbocycles. The first-order valence-corrected chi connectivity index (χ1v) is 7.52. The average Bonchev–Trinajstić information content (AvgIpc) is 3.03. The Kier molecular flexibility index (Phi) is 5.17. The summed E-state index contributed by atoms with van der Waals surface area (Å²) in [5, 5.41) is 2.83. The van der Waals surface area contributed by atoms with Gasteiger partial charge in [-0.1, -0.05) is 6.08 Å². The Hall–Kier alpha value is -1.36. The first kappa shape index (κ1) is 15.0. The Labute approximate surface area is 121 Å². The molecule has 112 valence electrons. The van der Waals surface area contributed by atoms with Crippen molar-refractivity contribution in [3.05, 3.63) is 12.7 Å². The maximum atomic E-state index is 11.9. The van der Waals surface area contributed by atoms with Gasteiger partial charge >= 0.3 is 0 Å². The number of nitrogens with zero attached hydrogens (tertiary/aromatic N) is 2. The van der Waals surface area contributed by atoms with Crippen LogP contribution in [0.15, 0.2) is 12.7 Å². The molecule has 0 spiro atoms. The monoisotopic (exact) mass is 279 g/mol. The fraction of sp³-hybridized carbons (Fsp3) is 0.733. The highest BCUT2D eigenvalue weighted by atomic mass is 16.2. The van der Waals surface area contributed by atoms with Crippen molar-refractivity contribution in [1.82, 2.24) is 15.1 Å². The summed E-state index contributed by atoms with van der Waals surface area (Å²) in [4.78, 5) is 27.8. The zero-order chi connectivity index (χ0) is 14.5. The third kappa shape index (κ3) is 3.39. The number of hydrogen-bond donors (Lipinski definition) is 1. The molecule has 5 heteroatoms. The van der Waals surface area contributed by atoms with Crippen LogP contribution in [0.3, 0.4) is 0 Å².